The molecule has 0 aliphatic carbocycles. The maximum Gasteiger partial charge on any atom is 0.266 e. The predicted octanol–water partition coefficient (Wildman–Crippen LogP) is 2.98. The average molecular weight is 312 g/mol. The van der Waals surface area contributed by atoms with Gasteiger partial charge in [0.25, 0.3) is 5.91 Å². The Kier molecular flexibility index (Phi) is 4.37. The first kappa shape index (κ1) is 15.2. The van der Waals surface area contributed by atoms with E-state index in [0.29, 0.717) is 18.7 Å². The van der Waals surface area contributed by atoms with Crippen LogP contribution in [0.25, 0.3) is 0 Å². The molecule has 0 saturated carbocycles. The molecule has 1 aliphatic rings. The minimum absolute atomic E-state index is 0.116. The second-order valence-corrected chi connectivity index (χ2v) is 5.52. The third-order valence-corrected chi connectivity index (χ3v) is 3.76. The molecule has 0 radical (unpaired) electrons. The van der Waals surface area contributed by atoms with Gasteiger partial charge in [-0.05, 0) is 23.3 Å². The number of amides is 1. The quantitative estimate of drug-likeness (QED) is 0.871. The fourth-order valence-electron chi connectivity index (χ4n) is 2.50. The number of likely N-dealkylation sites (N-methyl/N-ethyl adjacent to an activating group) is 1. The molecule has 0 fully saturated rings. The van der Waals surface area contributed by atoms with Gasteiger partial charge in [-0.15, -0.1) is 0 Å². The maximum absolute atomic E-state index is 13.0. The van der Waals surface area contributed by atoms with Crippen LogP contribution in [-0.2, 0) is 16.2 Å². The summed E-state index contributed by atoms with van der Waals surface area (Å²) in [5, 5.41) is 3.97. The van der Waals surface area contributed by atoms with Crippen molar-refractivity contribution in [2.45, 2.75) is 19.1 Å². The monoisotopic (exact) mass is 312 g/mol. The highest BCUT2D eigenvalue weighted by Gasteiger charge is 2.31. The van der Waals surface area contributed by atoms with E-state index >= 15 is 0 Å². The number of hydrogen-bond donors (Lipinski definition) is 0. The van der Waals surface area contributed by atoms with Crippen molar-refractivity contribution in [3.63, 3.8) is 0 Å². The van der Waals surface area contributed by atoms with Crippen molar-refractivity contribution in [3.8, 4) is 0 Å². The van der Waals surface area contributed by atoms with Gasteiger partial charge in [0.1, 0.15) is 5.82 Å². The van der Waals surface area contributed by atoms with Crippen LogP contribution in [0.4, 0.5) is 4.39 Å². The number of halogens is 1. The van der Waals surface area contributed by atoms with E-state index in [9.17, 15) is 9.18 Å². The van der Waals surface area contributed by atoms with Gasteiger partial charge < -0.3 is 9.74 Å². The largest absolute Gasteiger partial charge is 0.382 e. The van der Waals surface area contributed by atoms with Crippen LogP contribution in [-0.4, -0.2) is 29.7 Å². The van der Waals surface area contributed by atoms with E-state index in [1.807, 2.05) is 30.3 Å². The third-order valence-electron chi connectivity index (χ3n) is 3.76. The zero-order valence-electron chi connectivity index (χ0n) is 12.8. The van der Waals surface area contributed by atoms with Crippen LogP contribution in [0.3, 0.4) is 0 Å². The molecule has 1 amide bonds. The van der Waals surface area contributed by atoms with Gasteiger partial charge in [-0.2, -0.15) is 0 Å². The van der Waals surface area contributed by atoms with Crippen molar-refractivity contribution in [3.05, 3.63) is 71.5 Å². The molecule has 1 atom stereocenters. The Hall–Kier alpha value is -2.69. The second kappa shape index (κ2) is 6.60. The number of carbonyl (C=O) groups excluding carboxylic acids is 1. The van der Waals surface area contributed by atoms with Gasteiger partial charge in [0.15, 0.2) is 0 Å². The predicted molar refractivity (Wildman–Crippen MR) is 85.3 cm³/mol. The van der Waals surface area contributed by atoms with Crippen molar-refractivity contribution >= 4 is 11.6 Å². The molecule has 0 N–H and O–H groups in total. The first-order valence-corrected chi connectivity index (χ1v) is 7.41. The summed E-state index contributed by atoms with van der Waals surface area (Å²) in [6.45, 7) is 0.519. The molecule has 0 bridgehead atoms. The minimum atomic E-state index is -0.622. The molecule has 4 nitrogen and oxygen atoms in total. The van der Waals surface area contributed by atoms with E-state index in [1.165, 1.54) is 12.1 Å². The van der Waals surface area contributed by atoms with Crippen molar-refractivity contribution in [2.24, 2.45) is 5.16 Å². The van der Waals surface area contributed by atoms with Crippen molar-refractivity contribution in [2.75, 3.05) is 7.05 Å². The number of nitrogens with zero attached hydrogens (tertiary/aromatic N) is 2. The van der Waals surface area contributed by atoms with Crippen LogP contribution in [0.2, 0.25) is 0 Å². The lowest BCUT2D eigenvalue weighted by molar-refractivity contribution is -0.141. The lowest BCUT2D eigenvalue weighted by atomic mass is 10.0. The Morgan fingerprint density at radius 2 is 1.91 bits per heavy atom. The molecule has 2 aromatic rings. The topological polar surface area (TPSA) is 41.9 Å². The van der Waals surface area contributed by atoms with Gasteiger partial charge in [0.2, 0.25) is 6.10 Å². The second-order valence-electron chi connectivity index (χ2n) is 5.52. The first-order valence-electron chi connectivity index (χ1n) is 7.41. The third kappa shape index (κ3) is 3.56. The van der Waals surface area contributed by atoms with Crippen LogP contribution in [0.5, 0.6) is 0 Å². The highest BCUT2D eigenvalue weighted by molar-refractivity contribution is 6.04. The van der Waals surface area contributed by atoms with Crippen LogP contribution < -0.4 is 0 Å². The van der Waals surface area contributed by atoms with Gasteiger partial charge in [-0.3, -0.25) is 4.79 Å². The summed E-state index contributed by atoms with van der Waals surface area (Å²) in [5.41, 5.74) is 2.49. The highest BCUT2D eigenvalue weighted by atomic mass is 19.1. The van der Waals surface area contributed by atoms with Gasteiger partial charge in [0.05, 0.1) is 5.71 Å². The molecular formula is C18H17FN2O2. The van der Waals surface area contributed by atoms with Crippen molar-refractivity contribution in [1.82, 2.24) is 4.90 Å². The summed E-state index contributed by atoms with van der Waals surface area (Å²) in [7, 11) is 1.74. The van der Waals surface area contributed by atoms with Crippen LogP contribution in [0.1, 0.15) is 17.5 Å². The number of benzene rings is 2. The van der Waals surface area contributed by atoms with Gasteiger partial charge in [-0.25, -0.2) is 4.39 Å². The van der Waals surface area contributed by atoms with Gasteiger partial charge in [0, 0.05) is 20.0 Å². The SMILES string of the molecule is CN(Cc1ccccc1)C(=O)[C@@H]1CC(c2ccc(F)cc2)=NO1. The summed E-state index contributed by atoms with van der Waals surface area (Å²) in [5.74, 6) is -0.418. The molecule has 0 aromatic heterocycles. The van der Waals surface area contributed by atoms with Gasteiger partial charge >= 0.3 is 0 Å². The number of oxime groups is 1. The minimum Gasteiger partial charge on any atom is -0.382 e. The van der Waals surface area contributed by atoms with E-state index < -0.39 is 6.10 Å². The summed E-state index contributed by atoms with van der Waals surface area (Å²) < 4.78 is 13.0. The molecule has 0 spiro atoms. The molecule has 0 saturated heterocycles. The van der Waals surface area contributed by atoms with Crippen LogP contribution in [0, 0.1) is 5.82 Å². The summed E-state index contributed by atoms with van der Waals surface area (Å²) >= 11 is 0. The van der Waals surface area contributed by atoms with Crippen molar-refractivity contribution in [1.29, 1.82) is 0 Å². The lowest BCUT2D eigenvalue weighted by Crippen LogP contribution is -2.36. The molecule has 5 heteroatoms. The molecule has 0 unspecified atom stereocenters. The van der Waals surface area contributed by atoms with E-state index in [4.69, 9.17) is 4.84 Å². The van der Waals surface area contributed by atoms with E-state index in [1.54, 1.807) is 24.1 Å². The fourth-order valence-corrected chi connectivity index (χ4v) is 2.50. The molecule has 1 aliphatic heterocycles. The zero-order valence-corrected chi connectivity index (χ0v) is 12.8. The highest BCUT2D eigenvalue weighted by Crippen LogP contribution is 2.19. The fraction of sp³-hybridized carbons (Fsp3) is 0.222. The standard InChI is InChI=1S/C18H17FN2O2/c1-21(12-13-5-3-2-4-6-13)18(22)17-11-16(20-23-17)14-7-9-15(19)10-8-14/h2-10,17H,11-12H2,1H3/t17-/m0/s1. The summed E-state index contributed by atoms with van der Waals surface area (Å²) in [4.78, 5) is 19.4. The Labute approximate surface area is 134 Å². The number of hydrogen-bond acceptors (Lipinski definition) is 3. The Bertz CT molecular complexity index is 714. The smallest absolute Gasteiger partial charge is 0.266 e. The Morgan fingerprint density at radius 1 is 1.22 bits per heavy atom. The molecule has 2 aromatic carbocycles. The normalized spacial score (nSPS) is 16.6. The maximum atomic E-state index is 13.0. The average Bonchev–Trinajstić information content (AvgIpc) is 3.05. The number of carbonyl (C=O) groups is 1. The Morgan fingerprint density at radius 3 is 2.61 bits per heavy atom. The Balaban J connectivity index is 1.61. The molecule has 1 heterocycles. The van der Waals surface area contributed by atoms with E-state index in [-0.39, 0.29) is 11.7 Å². The van der Waals surface area contributed by atoms with Crippen LogP contribution in [0.15, 0.2) is 59.8 Å². The first-order chi connectivity index (χ1) is 11.1. The van der Waals surface area contributed by atoms with E-state index in [0.717, 1.165) is 11.1 Å². The zero-order chi connectivity index (χ0) is 16.2. The lowest BCUT2D eigenvalue weighted by Gasteiger charge is -2.19. The molecular weight excluding hydrogens is 295 g/mol. The summed E-state index contributed by atoms with van der Waals surface area (Å²) in [6, 6.07) is 15.8. The van der Waals surface area contributed by atoms with Crippen LogP contribution >= 0.6 is 0 Å². The van der Waals surface area contributed by atoms with Gasteiger partial charge in [-0.1, -0.05) is 47.6 Å². The summed E-state index contributed by atoms with van der Waals surface area (Å²) in [6.07, 6.45) is -0.229. The number of rotatable bonds is 4. The molecule has 3 rings (SSSR count). The van der Waals surface area contributed by atoms with E-state index in [2.05, 4.69) is 5.16 Å². The molecule has 118 valence electrons. The van der Waals surface area contributed by atoms with Crippen molar-refractivity contribution < 1.29 is 14.0 Å². The molecule has 23 heavy (non-hydrogen) atoms.